The number of aromatic nitrogens is 1. The zero-order chi connectivity index (χ0) is 15.5. The molecule has 1 atom stereocenters. The molecule has 1 fully saturated rings. The standard InChI is InChI=1S/C18H25N3O/c1-14-13-20(2)10-11-21(14)18(22)9-5-6-15-12-19-17-8-4-3-7-16(15)17/h3-4,7-8,12,14,19H,5-6,9-11,13H2,1-2H3. The molecule has 4 heteroatoms. The van der Waals surface area contributed by atoms with Gasteiger partial charge in [0, 0.05) is 49.2 Å². The number of benzene rings is 1. The maximum Gasteiger partial charge on any atom is 0.222 e. The Morgan fingerprint density at radius 2 is 2.14 bits per heavy atom. The van der Waals surface area contributed by atoms with Gasteiger partial charge in [0.2, 0.25) is 5.91 Å². The van der Waals surface area contributed by atoms with Crippen molar-refractivity contribution in [1.82, 2.24) is 14.8 Å². The predicted molar refractivity (Wildman–Crippen MR) is 89.9 cm³/mol. The Morgan fingerprint density at radius 1 is 1.32 bits per heavy atom. The first-order valence-corrected chi connectivity index (χ1v) is 8.18. The van der Waals surface area contributed by atoms with Crippen LogP contribution >= 0.6 is 0 Å². The van der Waals surface area contributed by atoms with Gasteiger partial charge in [-0.25, -0.2) is 0 Å². The van der Waals surface area contributed by atoms with Crippen LogP contribution in [-0.4, -0.2) is 53.4 Å². The molecular formula is C18H25N3O. The van der Waals surface area contributed by atoms with Crippen LogP contribution in [0.3, 0.4) is 0 Å². The van der Waals surface area contributed by atoms with Crippen molar-refractivity contribution in [1.29, 1.82) is 0 Å². The van der Waals surface area contributed by atoms with E-state index in [-0.39, 0.29) is 0 Å². The van der Waals surface area contributed by atoms with Crippen molar-refractivity contribution >= 4 is 16.8 Å². The number of aromatic amines is 1. The Kier molecular flexibility index (Phi) is 4.48. The summed E-state index contributed by atoms with van der Waals surface area (Å²) in [6.45, 7) is 4.98. The lowest BCUT2D eigenvalue weighted by Crippen LogP contribution is -2.52. The molecule has 0 spiro atoms. The smallest absolute Gasteiger partial charge is 0.222 e. The molecule has 1 aliphatic heterocycles. The van der Waals surface area contributed by atoms with Gasteiger partial charge in [0.1, 0.15) is 0 Å². The van der Waals surface area contributed by atoms with E-state index < -0.39 is 0 Å². The molecule has 0 radical (unpaired) electrons. The Bertz CT molecular complexity index is 649. The minimum atomic E-state index is 0.306. The highest BCUT2D eigenvalue weighted by atomic mass is 16.2. The van der Waals surface area contributed by atoms with Crippen LogP contribution in [0.4, 0.5) is 0 Å². The third-order valence-electron chi connectivity index (χ3n) is 4.66. The maximum absolute atomic E-state index is 12.4. The summed E-state index contributed by atoms with van der Waals surface area (Å²) < 4.78 is 0. The van der Waals surface area contributed by atoms with E-state index in [9.17, 15) is 4.79 Å². The number of rotatable bonds is 4. The van der Waals surface area contributed by atoms with E-state index in [1.165, 1.54) is 16.5 Å². The Hall–Kier alpha value is -1.81. The topological polar surface area (TPSA) is 39.3 Å². The Balaban J connectivity index is 1.53. The number of piperazine rings is 1. The maximum atomic E-state index is 12.4. The van der Waals surface area contributed by atoms with Gasteiger partial charge in [-0.1, -0.05) is 18.2 Å². The van der Waals surface area contributed by atoms with Gasteiger partial charge in [-0.05, 0) is 38.4 Å². The van der Waals surface area contributed by atoms with Crippen LogP contribution in [0, 0.1) is 0 Å². The molecule has 1 amide bonds. The molecule has 1 aromatic carbocycles. The van der Waals surface area contributed by atoms with Crippen LogP contribution in [0.5, 0.6) is 0 Å². The molecule has 1 N–H and O–H groups in total. The van der Waals surface area contributed by atoms with Gasteiger partial charge in [0.05, 0.1) is 0 Å². The molecule has 1 unspecified atom stereocenters. The number of fused-ring (bicyclic) bond motifs is 1. The molecule has 1 saturated heterocycles. The summed E-state index contributed by atoms with van der Waals surface area (Å²) in [4.78, 5) is 20.1. The van der Waals surface area contributed by atoms with Crippen molar-refractivity contribution in [2.24, 2.45) is 0 Å². The fourth-order valence-electron chi connectivity index (χ4n) is 3.42. The molecule has 0 aliphatic carbocycles. The van der Waals surface area contributed by atoms with Crippen LogP contribution in [0.2, 0.25) is 0 Å². The molecular weight excluding hydrogens is 274 g/mol. The normalized spacial score (nSPS) is 19.7. The fourth-order valence-corrected chi connectivity index (χ4v) is 3.42. The first-order chi connectivity index (χ1) is 10.6. The average Bonchev–Trinajstić information content (AvgIpc) is 2.90. The van der Waals surface area contributed by atoms with E-state index in [0.717, 1.165) is 32.5 Å². The number of aryl methyl sites for hydroxylation is 1. The third kappa shape index (κ3) is 3.17. The van der Waals surface area contributed by atoms with Gasteiger partial charge in [0.15, 0.2) is 0 Å². The van der Waals surface area contributed by atoms with Crippen LogP contribution in [0.25, 0.3) is 10.9 Å². The fraction of sp³-hybridized carbons (Fsp3) is 0.500. The van der Waals surface area contributed by atoms with Gasteiger partial charge < -0.3 is 14.8 Å². The molecule has 0 saturated carbocycles. The lowest BCUT2D eigenvalue weighted by molar-refractivity contribution is -0.135. The number of likely N-dealkylation sites (N-methyl/N-ethyl adjacent to an activating group) is 1. The second-order valence-corrected chi connectivity index (χ2v) is 6.41. The molecule has 1 aromatic heterocycles. The minimum absolute atomic E-state index is 0.306. The number of nitrogens with zero attached hydrogens (tertiary/aromatic N) is 2. The van der Waals surface area contributed by atoms with E-state index in [2.05, 4.69) is 53.2 Å². The largest absolute Gasteiger partial charge is 0.361 e. The lowest BCUT2D eigenvalue weighted by Gasteiger charge is -2.38. The SMILES string of the molecule is CC1CN(C)CCN1C(=O)CCCc1c[nH]c2ccccc12. The van der Waals surface area contributed by atoms with Gasteiger partial charge in [0.25, 0.3) is 0 Å². The lowest BCUT2D eigenvalue weighted by atomic mass is 10.1. The minimum Gasteiger partial charge on any atom is -0.361 e. The van der Waals surface area contributed by atoms with Crippen molar-refractivity contribution < 1.29 is 4.79 Å². The van der Waals surface area contributed by atoms with Gasteiger partial charge >= 0.3 is 0 Å². The van der Waals surface area contributed by atoms with Crippen LogP contribution in [0.15, 0.2) is 30.5 Å². The molecule has 3 rings (SSSR count). The molecule has 1 aliphatic rings. The second-order valence-electron chi connectivity index (χ2n) is 6.41. The number of hydrogen-bond acceptors (Lipinski definition) is 2. The van der Waals surface area contributed by atoms with E-state index >= 15 is 0 Å². The van der Waals surface area contributed by atoms with E-state index in [1.54, 1.807) is 0 Å². The van der Waals surface area contributed by atoms with E-state index in [1.807, 2.05) is 6.07 Å². The highest BCUT2D eigenvalue weighted by molar-refractivity contribution is 5.83. The molecule has 4 nitrogen and oxygen atoms in total. The van der Waals surface area contributed by atoms with Crippen LogP contribution in [-0.2, 0) is 11.2 Å². The summed E-state index contributed by atoms with van der Waals surface area (Å²) in [5.41, 5.74) is 2.49. The zero-order valence-electron chi connectivity index (χ0n) is 13.5. The summed E-state index contributed by atoms with van der Waals surface area (Å²) >= 11 is 0. The van der Waals surface area contributed by atoms with E-state index in [4.69, 9.17) is 0 Å². The highest BCUT2D eigenvalue weighted by Gasteiger charge is 2.25. The number of para-hydroxylation sites is 1. The van der Waals surface area contributed by atoms with Crippen molar-refractivity contribution in [2.45, 2.75) is 32.2 Å². The molecule has 0 bridgehead atoms. The van der Waals surface area contributed by atoms with Gasteiger partial charge in [-0.3, -0.25) is 4.79 Å². The highest BCUT2D eigenvalue weighted by Crippen LogP contribution is 2.20. The van der Waals surface area contributed by atoms with Crippen molar-refractivity contribution in [3.05, 3.63) is 36.0 Å². The average molecular weight is 299 g/mol. The first-order valence-electron chi connectivity index (χ1n) is 8.18. The van der Waals surface area contributed by atoms with E-state index in [0.29, 0.717) is 18.4 Å². The Labute approximate surface area is 132 Å². The monoisotopic (exact) mass is 299 g/mol. The quantitative estimate of drug-likeness (QED) is 0.942. The van der Waals surface area contributed by atoms with Crippen molar-refractivity contribution in [3.63, 3.8) is 0 Å². The number of hydrogen-bond donors (Lipinski definition) is 1. The molecule has 2 heterocycles. The number of H-pyrrole nitrogens is 1. The molecule has 22 heavy (non-hydrogen) atoms. The van der Waals surface area contributed by atoms with Gasteiger partial charge in [-0.15, -0.1) is 0 Å². The second kappa shape index (κ2) is 6.53. The first kappa shape index (κ1) is 15.1. The number of nitrogens with one attached hydrogen (secondary N) is 1. The van der Waals surface area contributed by atoms with Crippen molar-refractivity contribution in [3.8, 4) is 0 Å². The summed E-state index contributed by atoms with van der Waals surface area (Å²) in [5, 5.41) is 1.28. The van der Waals surface area contributed by atoms with Crippen LogP contribution in [0.1, 0.15) is 25.3 Å². The zero-order valence-corrected chi connectivity index (χ0v) is 13.5. The van der Waals surface area contributed by atoms with Gasteiger partial charge in [-0.2, -0.15) is 0 Å². The summed E-state index contributed by atoms with van der Waals surface area (Å²) in [6, 6.07) is 8.68. The van der Waals surface area contributed by atoms with Crippen molar-refractivity contribution in [2.75, 3.05) is 26.7 Å². The molecule has 2 aromatic rings. The summed E-state index contributed by atoms with van der Waals surface area (Å²) in [5.74, 6) is 0.306. The number of amides is 1. The predicted octanol–water partition coefficient (Wildman–Crippen LogP) is 2.65. The molecule has 118 valence electrons. The number of carbonyl (C=O) groups excluding carboxylic acids is 1. The summed E-state index contributed by atoms with van der Waals surface area (Å²) in [6.07, 6.45) is 4.60. The third-order valence-corrected chi connectivity index (χ3v) is 4.66. The summed E-state index contributed by atoms with van der Waals surface area (Å²) in [7, 11) is 2.12. The van der Waals surface area contributed by atoms with Crippen LogP contribution < -0.4 is 0 Å². The Morgan fingerprint density at radius 3 is 2.95 bits per heavy atom. The number of carbonyl (C=O) groups is 1.